The van der Waals surface area contributed by atoms with Gasteiger partial charge in [-0.3, -0.25) is 19.3 Å². The Morgan fingerprint density at radius 2 is 1.83 bits per heavy atom. The number of thiocarbonyl (C=S) groups is 1. The molecule has 0 radical (unpaired) electrons. The molecule has 1 atom stereocenters. The van der Waals surface area contributed by atoms with Crippen molar-refractivity contribution in [2.75, 3.05) is 10.2 Å². The molecule has 10 heteroatoms. The molecule has 2 N–H and O–H groups in total. The first-order valence-corrected chi connectivity index (χ1v) is 10.0. The number of rotatable bonds is 4. The van der Waals surface area contributed by atoms with Crippen molar-refractivity contribution in [1.29, 1.82) is 5.26 Å². The van der Waals surface area contributed by atoms with E-state index in [-0.39, 0.29) is 10.7 Å². The van der Waals surface area contributed by atoms with Gasteiger partial charge >= 0.3 is 0 Å². The van der Waals surface area contributed by atoms with E-state index in [1.54, 1.807) is 54.6 Å². The van der Waals surface area contributed by atoms with Crippen molar-refractivity contribution >= 4 is 74.0 Å². The summed E-state index contributed by atoms with van der Waals surface area (Å²) in [7, 11) is 0. The van der Waals surface area contributed by atoms with Crippen molar-refractivity contribution < 1.29 is 14.4 Å². The largest absolute Gasteiger partial charge is 0.321 e. The fourth-order valence-electron chi connectivity index (χ4n) is 2.63. The van der Waals surface area contributed by atoms with E-state index in [1.807, 2.05) is 0 Å². The predicted molar refractivity (Wildman–Crippen MR) is 120 cm³/mol. The van der Waals surface area contributed by atoms with Crippen LogP contribution in [0.4, 0.5) is 11.4 Å². The summed E-state index contributed by atoms with van der Waals surface area (Å²) in [5.74, 6) is -3.56. The lowest BCUT2D eigenvalue weighted by Gasteiger charge is -2.31. The molecule has 7 nitrogen and oxygen atoms in total. The summed E-state index contributed by atoms with van der Waals surface area (Å²) in [4.78, 5) is 38.9. The second-order valence-corrected chi connectivity index (χ2v) is 7.81. The van der Waals surface area contributed by atoms with Gasteiger partial charge in [-0.15, -0.1) is 0 Å². The Morgan fingerprint density at radius 1 is 1.20 bits per heavy atom. The third-order valence-corrected chi connectivity index (χ3v) is 5.15. The van der Waals surface area contributed by atoms with Gasteiger partial charge in [-0.1, -0.05) is 27.5 Å². The lowest BCUT2D eigenvalue weighted by molar-refractivity contribution is -0.131. The van der Waals surface area contributed by atoms with Crippen molar-refractivity contribution in [3.05, 3.63) is 69.7 Å². The van der Waals surface area contributed by atoms with Crippen LogP contribution in [0, 0.1) is 17.2 Å². The number of amides is 3. The van der Waals surface area contributed by atoms with Crippen LogP contribution in [-0.2, 0) is 14.4 Å². The Bertz CT molecular complexity index is 1110. The summed E-state index contributed by atoms with van der Waals surface area (Å²) >= 11 is 14.3. The zero-order valence-corrected chi connectivity index (χ0v) is 18.2. The highest BCUT2D eigenvalue weighted by molar-refractivity contribution is 9.10. The number of carbonyl (C=O) groups is 3. The highest BCUT2D eigenvalue weighted by atomic mass is 79.9. The molecule has 1 fully saturated rings. The first-order chi connectivity index (χ1) is 14.3. The summed E-state index contributed by atoms with van der Waals surface area (Å²) < 4.78 is 0.819. The third kappa shape index (κ3) is 4.74. The van der Waals surface area contributed by atoms with E-state index < -0.39 is 23.6 Å². The normalized spacial score (nSPS) is 16.7. The molecule has 0 saturated carbocycles. The van der Waals surface area contributed by atoms with E-state index in [2.05, 4.69) is 26.6 Å². The minimum atomic E-state index is -1.40. The number of hydrogen-bond acceptors (Lipinski definition) is 5. The van der Waals surface area contributed by atoms with Crippen molar-refractivity contribution in [3.8, 4) is 6.07 Å². The molecule has 1 saturated heterocycles. The molecular formula is C20H12BrClN4O3S. The Morgan fingerprint density at radius 3 is 2.43 bits per heavy atom. The highest BCUT2D eigenvalue weighted by Gasteiger charge is 2.38. The van der Waals surface area contributed by atoms with Crippen LogP contribution in [0.1, 0.15) is 0 Å². The van der Waals surface area contributed by atoms with Gasteiger partial charge in [0.15, 0.2) is 5.11 Å². The molecule has 1 aliphatic rings. The maximum Gasteiger partial charge on any atom is 0.266 e. The van der Waals surface area contributed by atoms with Gasteiger partial charge in [-0.05, 0) is 66.8 Å². The Kier molecular flexibility index (Phi) is 6.62. The van der Waals surface area contributed by atoms with Crippen molar-refractivity contribution in [3.63, 3.8) is 0 Å². The Labute approximate surface area is 190 Å². The summed E-state index contributed by atoms with van der Waals surface area (Å²) in [5.41, 5.74) is 0.466. The fourth-order valence-corrected chi connectivity index (χ4v) is 3.32. The molecule has 3 rings (SSSR count). The van der Waals surface area contributed by atoms with Gasteiger partial charge in [0, 0.05) is 15.2 Å². The average Bonchev–Trinajstić information content (AvgIpc) is 2.71. The minimum absolute atomic E-state index is 0.102. The molecule has 0 unspecified atom stereocenters. The number of benzene rings is 2. The van der Waals surface area contributed by atoms with E-state index in [1.165, 1.54) is 0 Å². The Balaban J connectivity index is 1.87. The number of carbonyl (C=O) groups excluding carboxylic acids is 3. The average molecular weight is 504 g/mol. The van der Waals surface area contributed by atoms with Crippen LogP contribution in [0.25, 0.3) is 0 Å². The number of anilines is 2. The lowest BCUT2D eigenvalue weighted by Crippen LogP contribution is -2.57. The standard InChI is InChI=1S/C20H12BrClN4O3S/c21-12-1-5-14(6-2-12)24-17(27)11(10-23)9-16-18(28)25-20(30)26(19(16)29)15-7-3-13(22)4-8-15/h1-9,16H,(H,24,27)(H,25,28,30)/b11-9-/t16-/m0/s1. The first kappa shape index (κ1) is 21.6. The van der Waals surface area contributed by atoms with Crippen LogP contribution in [0.2, 0.25) is 5.02 Å². The molecule has 0 spiro atoms. The van der Waals surface area contributed by atoms with Crippen LogP contribution in [0.3, 0.4) is 0 Å². The molecule has 0 aliphatic carbocycles. The molecule has 30 heavy (non-hydrogen) atoms. The predicted octanol–water partition coefficient (Wildman–Crippen LogP) is 3.56. The third-order valence-electron chi connectivity index (χ3n) is 4.09. The SMILES string of the molecule is N#C/C(=C/[C@H]1C(=O)NC(=S)N(c2ccc(Cl)cc2)C1=O)C(=O)Nc1ccc(Br)cc1. The molecule has 3 amide bonds. The van der Waals surface area contributed by atoms with E-state index in [9.17, 15) is 19.6 Å². The van der Waals surface area contributed by atoms with Crippen molar-refractivity contribution in [1.82, 2.24) is 5.32 Å². The van der Waals surface area contributed by atoms with Gasteiger partial charge in [-0.2, -0.15) is 5.26 Å². The molecule has 150 valence electrons. The van der Waals surface area contributed by atoms with Gasteiger partial charge in [0.1, 0.15) is 17.6 Å². The van der Waals surface area contributed by atoms with Crippen LogP contribution >= 0.6 is 39.7 Å². The number of nitriles is 1. The van der Waals surface area contributed by atoms with E-state index in [4.69, 9.17) is 23.8 Å². The zero-order chi connectivity index (χ0) is 21.8. The van der Waals surface area contributed by atoms with Crippen LogP contribution in [0.15, 0.2) is 64.7 Å². The first-order valence-electron chi connectivity index (χ1n) is 8.43. The monoisotopic (exact) mass is 502 g/mol. The summed E-state index contributed by atoms with van der Waals surface area (Å²) in [6.07, 6.45) is 1.02. The molecule has 0 aromatic heterocycles. The van der Waals surface area contributed by atoms with E-state index >= 15 is 0 Å². The van der Waals surface area contributed by atoms with Gasteiger partial charge in [0.05, 0.1) is 5.69 Å². The van der Waals surface area contributed by atoms with Gasteiger partial charge in [0.25, 0.3) is 5.91 Å². The molecule has 2 aromatic rings. The number of hydrogen-bond donors (Lipinski definition) is 2. The number of nitrogens with one attached hydrogen (secondary N) is 2. The maximum atomic E-state index is 13.0. The van der Waals surface area contributed by atoms with Crippen LogP contribution in [-0.4, -0.2) is 22.8 Å². The van der Waals surface area contributed by atoms with E-state index in [0.717, 1.165) is 15.4 Å². The minimum Gasteiger partial charge on any atom is -0.321 e. The van der Waals surface area contributed by atoms with Gasteiger partial charge < -0.3 is 10.6 Å². The highest BCUT2D eigenvalue weighted by Crippen LogP contribution is 2.24. The fraction of sp³-hybridized carbons (Fsp3) is 0.0500. The van der Waals surface area contributed by atoms with Crippen molar-refractivity contribution in [2.24, 2.45) is 5.92 Å². The van der Waals surface area contributed by atoms with E-state index in [0.29, 0.717) is 16.4 Å². The van der Waals surface area contributed by atoms with Gasteiger partial charge in [-0.25, -0.2) is 0 Å². The summed E-state index contributed by atoms with van der Waals surface area (Å²) in [6.45, 7) is 0. The molecular weight excluding hydrogens is 492 g/mol. The molecule has 0 bridgehead atoms. The summed E-state index contributed by atoms with van der Waals surface area (Å²) in [5, 5.41) is 14.7. The molecule has 1 heterocycles. The topological polar surface area (TPSA) is 102 Å². The smallest absolute Gasteiger partial charge is 0.266 e. The lowest BCUT2D eigenvalue weighted by atomic mass is 10.0. The number of nitrogens with zero attached hydrogens (tertiary/aromatic N) is 2. The molecule has 2 aromatic carbocycles. The maximum absolute atomic E-state index is 13.0. The quantitative estimate of drug-likeness (QED) is 0.287. The second kappa shape index (κ2) is 9.17. The number of halogens is 2. The Hall–Kier alpha value is -3.06. The van der Waals surface area contributed by atoms with Crippen LogP contribution in [0.5, 0.6) is 0 Å². The zero-order valence-electron chi connectivity index (χ0n) is 15.1. The van der Waals surface area contributed by atoms with Crippen molar-refractivity contribution in [2.45, 2.75) is 0 Å². The second-order valence-electron chi connectivity index (χ2n) is 6.08. The van der Waals surface area contributed by atoms with Gasteiger partial charge in [0.2, 0.25) is 11.8 Å². The summed E-state index contributed by atoms with van der Waals surface area (Å²) in [6, 6.07) is 14.7. The van der Waals surface area contributed by atoms with Crippen LogP contribution < -0.4 is 15.5 Å². The molecule has 1 aliphatic heterocycles.